The Labute approximate surface area is 163 Å². The van der Waals surface area contributed by atoms with E-state index in [0.717, 1.165) is 0 Å². The van der Waals surface area contributed by atoms with Gasteiger partial charge in [-0.25, -0.2) is 19.0 Å². The molecule has 0 saturated heterocycles. The van der Waals surface area contributed by atoms with Gasteiger partial charge >= 0.3 is 12.2 Å². The van der Waals surface area contributed by atoms with E-state index < -0.39 is 29.2 Å². The molecule has 27 heavy (non-hydrogen) atoms. The molecule has 0 radical (unpaired) electrons. The molecule has 0 spiro atoms. The fourth-order valence-electron chi connectivity index (χ4n) is 1.74. The predicted molar refractivity (Wildman–Crippen MR) is 101 cm³/mol. The van der Waals surface area contributed by atoms with Crippen LogP contribution in [0.3, 0.4) is 0 Å². The Kier molecular flexibility index (Phi) is 7.59. The number of rotatable bonds is 2. The van der Waals surface area contributed by atoms with Crippen molar-refractivity contribution in [2.24, 2.45) is 4.99 Å². The SMILES string of the molecule is CC(C)(C)OC(=O)NC(=NCc1cc(Cl)ccc1F)NC(=O)OC(C)(C)C. The summed E-state index contributed by atoms with van der Waals surface area (Å²) >= 11 is 5.85. The molecule has 0 aliphatic carbocycles. The second-order valence-electron chi connectivity index (χ2n) is 7.65. The third-order valence-electron chi connectivity index (χ3n) is 2.65. The van der Waals surface area contributed by atoms with Gasteiger partial charge < -0.3 is 9.47 Å². The van der Waals surface area contributed by atoms with Crippen LogP contribution in [0.5, 0.6) is 0 Å². The van der Waals surface area contributed by atoms with Crippen LogP contribution in [0.1, 0.15) is 47.1 Å². The van der Waals surface area contributed by atoms with Gasteiger partial charge in [-0.05, 0) is 59.7 Å². The first-order valence-corrected chi connectivity index (χ1v) is 8.61. The molecule has 0 aliphatic heterocycles. The van der Waals surface area contributed by atoms with Gasteiger partial charge in [-0.15, -0.1) is 0 Å². The molecule has 0 aliphatic rings. The van der Waals surface area contributed by atoms with Crippen molar-refractivity contribution in [1.82, 2.24) is 10.6 Å². The van der Waals surface area contributed by atoms with Crippen LogP contribution in [0.4, 0.5) is 14.0 Å². The first kappa shape index (κ1) is 22.7. The summed E-state index contributed by atoms with van der Waals surface area (Å²) in [6.45, 7) is 9.95. The maximum Gasteiger partial charge on any atom is 0.414 e. The molecule has 9 heteroatoms. The first-order valence-electron chi connectivity index (χ1n) is 8.23. The number of carbonyl (C=O) groups is 2. The number of guanidine groups is 1. The number of ether oxygens (including phenoxy) is 2. The van der Waals surface area contributed by atoms with Crippen molar-refractivity contribution >= 4 is 29.7 Å². The Morgan fingerprint density at radius 2 is 1.52 bits per heavy atom. The average molecular weight is 402 g/mol. The highest BCUT2D eigenvalue weighted by Gasteiger charge is 2.21. The lowest BCUT2D eigenvalue weighted by Gasteiger charge is -2.22. The number of nitrogens with one attached hydrogen (secondary N) is 2. The zero-order valence-electron chi connectivity index (χ0n) is 16.3. The third kappa shape index (κ3) is 9.79. The monoisotopic (exact) mass is 401 g/mol. The number of aliphatic imine (C=N–C) groups is 1. The molecular weight excluding hydrogens is 377 g/mol. The Morgan fingerprint density at radius 1 is 1.04 bits per heavy atom. The summed E-state index contributed by atoms with van der Waals surface area (Å²) in [5, 5.41) is 4.97. The number of hydrogen-bond donors (Lipinski definition) is 2. The molecule has 0 heterocycles. The first-order chi connectivity index (χ1) is 12.2. The van der Waals surface area contributed by atoms with Crippen molar-refractivity contribution in [3.63, 3.8) is 0 Å². The molecule has 0 atom stereocenters. The van der Waals surface area contributed by atoms with Crippen molar-refractivity contribution < 1.29 is 23.5 Å². The fraction of sp³-hybridized carbons (Fsp3) is 0.500. The largest absolute Gasteiger partial charge is 0.444 e. The average Bonchev–Trinajstić information content (AvgIpc) is 2.43. The maximum atomic E-state index is 13.8. The van der Waals surface area contributed by atoms with Crippen molar-refractivity contribution in [3.05, 3.63) is 34.6 Å². The molecule has 1 aromatic rings. The highest BCUT2D eigenvalue weighted by molar-refractivity contribution is 6.30. The summed E-state index contributed by atoms with van der Waals surface area (Å²) in [6.07, 6.45) is -1.66. The molecule has 0 fully saturated rings. The number of benzene rings is 1. The minimum absolute atomic E-state index is 0.173. The van der Waals surface area contributed by atoms with E-state index in [1.165, 1.54) is 18.2 Å². The standard InChI is InChI=1S/C18H25ClFN3O4/c1-17(2,3)26-15(24)22-14(23-16(25)27-18(4,5)6)21-10-11-9-12(19)7-8-13(11)20/h7-9H,10H2,1-6H3,(H2,21,22,23,24,25). The van der Waals surface area contributed by atoms with Crippen molar-refractivity contribution in [3.8, 4) is 0 Å². The van der Waals surface area contributed by atoms with Crippen LogP contribution in [0.15, 0.2) is 23.2 Å². The lowest BCUT2D eigenvalue weighted by molar-refractivity contribution is 0.0545. The highest BCUT2D eigenvalue weighted by Crippen LogP contribution is 2.15. The second kappa shape index (κ2) is 9.03. The molecule has 7 nitrogen and oxygen atoms in total. The maximum absolute atomic E-state index is 13.8. The van der Waals surface area contributed by atoms with E-state index in [0.29, 0.717) is 5.02 Å². The molecule has 0 aromatic heterocycles. The van der Waals surface area contributed by atoms with E-state index in [4.69, 9.17) is 21.1 Å². The van der Waals surface area contributed by atoms with E-state index in [1.807, 2.05) is 0 Å². The van der Waals surface area contributed by atoms with E-state index in [9.17, 15) is 14.0 Å². The molecule has 2 N–H and O–H groups in total. The van der Waals surface area contributed by atoms with E-state index >= 15 is 0 Å². The van der Waals surface area contributed by atoms with Gasteiger partial charge in [0.05, 0.1) is 6.54 Å². The van der Waals surface area contributed by atoms with Crippen LogP contribution in [-0.2, 0) is 16.0 Å². The highest BCUT2D eigenvalue weighted by atomic mass is 35.5. The molecule has 150 valence electrons. The van der Waals surface area contributed by atoms with Gasteiger partial charge in [-0.1, -0.05) is 11.6 Å². The van der Waals surface area contributed by atoms with Gasteiger partial charge in [0.25, 0.3) is 0 Å². The van der Waals surface area contributed by atoms with Crippen LogP contribution in [0.25, 0.3) is 0 Å². The zero-order chi connectivity index (χ0) is 20.8. The van der Waals surface area contributed by atoms with E-state index in [1.54, 1.807) is 41.5 Å². The van der Waals surface area contributed by atoms with Gasteiger partial charge in [0.1, 0.15) is 17.0 Å². The lowest BCUT2D eigenvalue weighted by Crippen LogP contribution is -2.47. The predicted octanol–water partition coefficient (Wildman–Crippen LogP) is 4.38. The third-order valence-corrected chi connectivity index (χ3v) is 2.89. The Hall–Kier alpha value is -2.35. The van der Waals surface area contributed by atoms with Crippen LogP contribution >= 0.6 is 11.6 Å². The summed E-state index contributed by atoms with van der Waals surface area (Å²) in [7, 11) is 0. The normalized spacial score (nSPS) is 11.4. The minimum Gasteiger partial charge on any atom is -0.444 e. The molecule has 0 saturated carbocycles. The summed E-state index contributed by atoms with van der Waals surface area (Å²) in [5.74, 6) is -0.755. The smallest absolute Gasteiger partial charge is 0.414 e. The van der Waals surface area contributed by atoms with Crippen LogP contribution < -0.4 is 10.6 Å². The topological polar surface area (TPSA) is 89.0 Å². The van der Waals surface area contributed by atoms with E-state index in [2.05, 4.69) is 15.6 Å². The number of carbonyl (C=O) groups excluding carboxylic acids is 2. The number of halogens is 2. The van der Waals surface area contributed by atoms with Crippen molar-refractivity contribution in [1.29, 1.82) is 0 Å². The molecule has 0 bridgehead atoms. The summed E-state index contributed by atoms with van der Waals surface area (Å²) < 4.78 is 24.1. The number of hydrogen-bond acceptors (Lipinski definition) is 5. The van der Waals surface area contributed by atoms with Crippen molar-refractivity contribution in [2.75, 3.05) is 0 Å². The van der Waals surface area contributed by atoms with Crippen LogP contribution in [-0.4, -0.2) is 29.3 Å². The second-order valence-corrected chi connectivity index (χ2v) is 8.09. The molecule has 0 unspecified atom stereocenters. The van der Waals surface area contributed by atoms with Crippen molar-refractivity contribution in [2.45, 2.75) is 59.3 Å². The number of nitrogens with zero attached hydrogens (tertiary/aromatic N) is 1. The molecule has 1 rings (SSSR count). The van der Waals surface area contributed by atoms with Gasteiger partial charge in [0, 0.05) is 10.6 Å². The Balaban J connectivity index is 2.96. The number of alkyl carbamates (subject to hydrolysis) is 2. The molecular formula is C18H25ClFN3O4. The summed E-state index contributed by atoms with van der Waals surface area (Å²) in [5.41, 5.74) is -1.31. The quantitative estimate of drug-likeness (QED) is 0.568. The molecule has 2 amide bonds. The van der Waals surface area contributed by atoms with Gasteiger partial charge in [0.2, 0.25) is 5.96 Å². The van der Waals surface area contributed by atoms with Gasteiger partial charge in [-0.3, -0.25) is 10.6 Å². The van der Waals surface area contributed by atoms with Crippen LogP contribution in [0, 0.1) is 5.82 Å². The van der Waals surface area contributed by atoms with Gasteiger partial charge in [0.15, 0.2) is 0 Å². The Bertz CT molecular complexity index is 692. The fourth-order valence-corrected chi connectivity index (χ4v) is 1.93. The Morgan fingerprint density at radius 3 is 1.96 bits per heavy atom. The summed E-state index contributed by atoms with van der Waals surface area (Å²) in [4.78, 5) is 28.0. The minimum atomic E-state index is -0.830. The summed E-state index contributed by atoms with van der Waals surface area (Å²) in [6, 6.07) is 4.01. The van der Waals surface area contributed by atoms with E-state index in [-0.39, 0.29) is 18.1 Å². The molecule has 1 aromatic carbocycles. The number of amides is 2. The van der Waals surface area contributed by atoms with Crippen LogP contribution in [0.2, 0.25) is 5.02 Å². The lowest BCUT2D eigenvalue weighted by atomic mass is 10.2. The zero-order valence-corrected chi connectivity index (χ0v) is 17.0. The van der Waals surface area contributed by atoms with Gasteiger partial charge in [-0.2, -0.15) is 0 Å².